The van der Waals surface area contributed by atoms with E-state index in [4.69, 9.17) is 0 Å². The Bertz CT molecular complexity index is 498. The van der Waals surface area contributed by atoms with Gasteiger partial charge in [0.2, 0.25) is 5.95 Å². The molecule has 1 heterocycles. The highest BCUT2D eigenvalue weighted by atomic mass is 32.2. The Kier molecular flexibility index (Phi) is 4.87. The van der Waals surface area contributed by atoms with Crippen molar-refractivity contribution >= 4 is 28.7 Å². The number of unbranched alkanes of at least 4 members (excludes halogenated alkanes) is 2. The topological polar surface area (TPSA) is 40.7 Å². The summed E-state index contributed by atoms with van der Waals surface area (Å²) in [6, 6.07) is 4.58. The molecule has 0 spiro atoms. The van der Waals surface area contributed by atoms with Gasteiger partial charge < -0.3 is 10.3 Å². The molecule has 0 unspecified atom stereocenters. The maximum Gasteiger partial charge on any atom is 0.201 e. The zero-order chi connectivity index (χ0) is 12.8. The maximum absolute atomic E-state index is 13.0. The number of hydrogen-bond acceptors (Lipinski definition) is 3. The van der Waals surface area contributed by atoms with Crippen LogP contribution >= 0.6 is 11.8 Å². The quantitative estimate of drug-likeness (QED) is 0.752. The lowest BCUT2D eigenvalue weighted by molar-refractivity contribution is 0.629. The molecule has 0 aliphatic carbocycles. The van der Waals surface area contributed by atoms with Crippen LogP contribution in [0.15, 0.2) is 18.2 Å². The van der Waals surface area contributed by atoms with Crippen molar-refractivity contribution in [2.75, 3.05) is 23.9 Å². The number of H-pyrrole nitrogens is 1. The van der Waals surface area contributed by atoms with Crippen LogP contribution < -0.4 is 5.32 Å². The van der Waals surface area contributed by atoms with Crippen LogP contribution in [-0.4, -0.2) is 28.5 Å². The first kappa shape index (κ1) is 13.2. The van der Waals surface area contributed by atoms with E-state index in [1.807, 2.05) is 11.8 Å². The van der Waals surface area contributed by atoms with E-state index in [9.17, 15) is 4.39 Å². The average molecular weight is 267 g/mol. The Morgan fingerprint density at radius 2 is 2.22 bits per heavy atom. The Labute approximate surface area is 111 Å². The molecule has 0 saturated carbocycles. The van der Waals surface area contributed by atoms with Gasteiger partial charge in [0.05, 0.1) is 11.0 Å². The number of hydrogen-bond donors (Lipinski definition) is 2. The van der Waals surface area contributed by atoms with Crippen LogP contribution in [0.25, 0.3) is 11.0 Å². The fourth-order valence-electron chi connectivity index (χ4n) is 1.82. The third kappa shape index (κ3) is 3.63. The molecule has 2 N–H and O–H groups in total. The minimum atomic E-state index is -0.241. The van der Waals surface area contributed by atoms with Crippen LogP contribution in [0.3, 0.4) is 0 Å². The predicted octanol–water partition coefficient (Wildman–Crippen LogP) is 3.65. The van der Waals surface area contributed by atoms with E-state index >= 15 is 0 Å². The number of aromatic amines is 1. The number of imidazole rings is 1. The van der Waals surface area contributed by atoms with Gasteiger partial charge in [-0.1, -0.05) is 6.42 Å². The van der Waals surface area contributed by atoms with Crippen molar-refractivity contribution in [3.8, 4) is 0 Å². The summed E-state index contributed by atoms with van der Waals surface area (Å²) in [6.07, 6.45) is 5.74. The molecule has 0 atom stereocenters. The van der Waals surface area contributed by atoms with E-state index < -0.39 is 0 Å². The Morgan fingerprint density at radius 1 is 1.33 bits per heavy atom. The average Bonchev–Trinajstić information content (AvgIpc) is 2.75. The molecule has 0 fully saturated rings. The first-order valence-corrected chi connectivity index (χ1v) is 7.57. The molecule has 98 valence electrons. The molecular formula is C13H18FN3S. The van der Waals surface area contributed by atoms with Crippen molar-refractivity contribution < 1.29 is 4.39 Å². The van der Waals surface area contributed by atoms with Gasteiger partial charge in [0.15, 0.2) is 0 Å². The zero-order valence-electron chi connectivity index (χ0n) is 10.5. The monoisotopic (exact) mass is 267 g/mol. The standard InChI is InChI=1S/C13H18FN3S/c1-18-8-4-2-3-7-15-13-16-11-6-5-10(14)9-12(11)17-13/h5-6,9H,2-4,7-8H2,1H3,(H2,15,16,17). The molecule has 0 radical (unpaired) electrons. The lowest BCUT2D eigenvalue weighted by Crippen LogP contribution is -2.02. The second-order valence-electron chi connectivity index (χ2n) is 4.23. The third-order valence-electron chi connectivity index (χ3n) is 2.76. The highest BCUT2D eigenvalue weighted by molar-refractivity contribution is 7.98. The molecular weight excluding hydrogens is 249 g/mol. The molecule has 2 rings (SSSR count). The summed E-state index contributed by atoms with van der Waals surface area (Å²) in [7, 11) is 0. The molecule has 1 aromatic carbocycles. The number of benzene rings is 1. The van der Waals surface area contributed by atoms with Gasteiger partial charge in [-0.3, -0.25) is 0 Å². The number of thioether (sulfide) groups is 1. The highest BCUT2D eigenvalue weighted by Gasteiger charge is 2.02. The molecule has 0 saturated heterocycles. The minimum Gasteiger partial charge on any atom is -0.356 e. The first-order valence-electron chi connectivity index (χ1n) is 6.17. The smallest absolute Gasteiger partial charge is 0.201 e. The number of nitrogens with zero attached hydrogens (tertiary/aromatic N) is 1. The summed E-state index contributed by atoms with van der Waals surface area (Å²) in [5.41, 5.74) is 1.53. The first-order chi connectivity index (χ1) is 8.79. The summed E-state index contributed by atoms with van der Waals surface area (Å²) in [6.45, 7) is 0.899. The number of anilines is 1. The van der Waals surface area contributed by atoms with Gasteiger partial charge in [-0.15, -0.1) is 0 Å². The fraction of sp³-hybridized carbons (Fsp3) is 0.462. The van der Waals surface area contributed by atoms with Gasteiger partial charge >= 0.3 is 0 Å². The highest BCUT2D eigenvalue weighted by Crippen LogP contribution is 2.15. The van der Waals surface area contributed by atoms with Crippen molar-refractivity contribution in [2.45, 2.75) is 19.3 Å². The zero-order valence-corrected chi connectivity index (χ0v) is 11.3. The van der Waals surface area contributed by atoms with Crippen LogP contribution in [-0.2, 0) is 0 Å². The third-order valence-corrected chi connectivity index (χ3v) is 3.46. The second-order valence-corrected chi connectivity index (χ2v) is 5.21. The van der Waals surface area contributed by atoms with Crippen LogP contribution in [0.5, 0.6) is 0 Å². The summed E-state index contributed by atoms with van der Waals surface area (Å²) < 4.78 is 13.0. The molecule has 0 bridgehead atoms. The number of fused-ring (bicyclic) bond motifs is 1. The van der Waals surface area contributed by atoms with Crippen LogP contribution in [0.4, 0.5) is 10.3 Å². The summed E-state index contributed by atoms with van der Waals surface area (Å²) in [5.74, 6) is 1.71. The largest absolute Gasteiger partial charge is 0.356 e. The number of rotatable bonds is 7. The fourth-order valence-corrected chi connectivity index (χ4v) is 2.31. The van der Waals surface area contributed by atoms with Crippen molar-refractivity contribution in [3.63, 3.8) is 0 Å². The molecule has 18 heavy (non-hydrogen) atoms. The van der Waals surface area contributed by atoms with Crippen molar-refractivity contribution in [2.24, 2.45) is 0 Å². The summed E-state index contributed by atoms with van der Waals surface area (Å²) in [4.78, 5) is 7.42. The van der Waals surface area contributed by atoms with E-state index in [0.717, 1.165) is 29.9 Å². The van der Waals surface area contributed by atoms with Crippen molar-refractivity contribution in [1.29, 1.82) is 0 Å². The molecule has 3 nitrogen and oxygen atoms in total. The van der Waals surface area contributed by atoms with E-state index in [1.54, 1.807) is 6.07 Å². The minimum absolute atomic E-state index is 0.241. The molecule has 1 aromatic heterocycles. The van der Waals surface area contributed by atoms with Gasteiger partial charge in [0, 0.05) is 6.54 Å². The Morgan fingerprint density at radius 3 is 3.06 bits per heavy atom. The van der Waals surface area contributed by atoms with Gasteiger partial charge in [-0.2, -0.15) is 11.8 Å². The number of aromatic nitrogens is 2. The molecule has 0 amide bonds. The van der Waals surface area contributed by atoms with Gasteiger partial charge in [-0.25, -0.2) is 9.37 Å². The van der Waals surface area contributed by atoms with Crippen LogP contribution in [0.2, 0.25) is 0 Å². The van der Waals surface area contributed by atoms with Crippen molar-refractivity contribution in [3.05, 3.63) is 24.0 Å². The maximum atomic E-state index is 13.0. The van der Waals surface area contributed by atoms with Gasteiger partial charge in [0.25, 0.3) is 0 Å². The molecule has 0 aliphatic heterocycles. The van der Waals surface area contributed by atoms with E-state index in [0.29, 0.717) is 0 Å². The van der Waals surface area contributed by atoms with Crippen LogP contribution in [0.1, 0.15) is 19.3 Å². The predicted molar refractivity (Wildman–Crippen MR) is 76.8 cm³/mol. The van der Waals surface area contributed by atoms with Crippen molar-refractivity contribution in [1.82, 2.24) is 9.97 Å². The molecule has 0 aliphatic rings. The summed E-state index contributed by atoms with van der Waals surface area (Å²) >= 11 is 1.89. The van der Waals surface area contributed by atoms with E-state index in [1.165, 1.54) is 30.7 Å². The van der Waals surface area contributed by atoms with Gasteiger partial charge in [0.1, 0.15) is 5.82 Å². The SMILES string of the molecule is CSCCCCCNc1nc2ccc(F)cc2[nH]1. The lowest BCUT2D eigenvalue weighted by Gasteiger charge is -2.01. The Hall–Kier alpha value is -1.23. The van der Waals surface area contributed by atoms with Crippen LogP contribution in [0, 0.1) is 5.82 Å². The summed E-state index contributed by atoms with van der Waals surface area (Å²) in [5, 5.41) is 3.23. The number of halogens is 1. The van der Waals surface area contributed by atoms with Gasteiger partial charge in [-0.05, 0) is 43.0 Å². The second kappa shape index (κ2) is 6.64. The normalized spacial score (nSPS) is 11.0. The molecule has 5 heteroatoms. The Balaban J connectivity index is 1.81. The van der Waals surface area contributed by atoms with E-state index in [-0.39, 0.29) is 5.82 Å². The lowest BCUT2D eigenvalue weighted by atomic mass is 10.2. The van der Waals surface area contributed by atoms with E-state index in [2.05, 4.69) is 21.5 Å². The number of nitrogens with one attached hydrogen (secondary N) is 2. The molecule has 2 aromatic rings.